The van der Waals surface area contributed by atoms with Gasteiger partial charge in [0.25, 0.3) is 0 Å². The average molecular weight is 237 g/mol. The molecule has 1 saturated heterocycles. The summed E-state index contributed by atoms with van der Waals surface area (Å²) in [6.07, 6.45) is 3.95. The van der Waals surface area contributed by atoms with E-state index in [-0.39, 0.29) is 0 Å². The first-order chi connectivity index (χ1) is 8.13. The predicted molar refractivity (Wildman–Crippen MR) is 69.5 cm³/mol. The first-order valence-electron chi connectivity index (χ1n) is 6.36. The van der Waals surface area contributed by atoms with Crippen molar-refractivity contribution in [2.75, 3.05) is 12.0 Å². The molecule has 5 nitrogen and oxygen atoms in total. The number of nitrogens with two attached hydrogens (primary N) is 1. The number of likely N-dealkylation sites (tertiary alicyclic amines) is 1. The van der Waals surface area contributed by atoms with Crippen LogP contribution in [0.4, 0.5) is 5.82 Å². The van der Waals surface area contributed by atoms with E-state index in [1.165, 1.54) is 31.4 Å². The maximum absolute atomic E-state index is 5.58. The number of aryl methyl sites for hydroxylation is 2. The van der Waals surface area contributed by atoms with Crippen LogP contribution >= 0.6 is 0 Å². The maximum atomic E-state index is 5.58. The highest BCUT2D eigenvalue weighted by Crippen LogP contribution is 2.24. The van der Waals surface area contributed by atoms with Crippen molar-refractivity contribution in [3.63, 3.8) is 0 Å². The van der Waals surface area contributed by atoms with Crippen molar-refractivity contribution in [2.45, 2.75) is 45.7 Å². The number of hydrogen-bond acceptors (Lipinski definition) is 4. The molecule has 1 unspecified atom stereocenters. The van der Waals surface area contributed by atoms with Gasteiger partial charge in [0.1, 0.15) is 5.82 Å². The SMILES string of the molecule is Cc1nn(C)c(NN)c1CN1CCCCC1C. The van der Waals surface area contributed by atoms with Crippen LogP contribution in [-0.4, -0.2) is 27.3 Å². The van der Waals surface area contributed by atoms with Crippen molar-refractivity contribution in [2.24, 2.45) is 12.9 Å². The summed E-state index contributed by atoms with van der Waals surface area (Å²) in [6, 6.07) is 0.661. The Bertz CT molecular complexity index is 384. The summed E-state index contributed by atoms with van der Waals surface area (Å²) in [5.74, 6) is 6.51. The van der Waals surface area contributed by atoms with Gasteiger partial charge in [0.05, 0.1) is 5.69 Å². The molecule has 0 radical (unpaired) electrons. The van der Waals surface area contributed by atoms with Gasteiger partial charge in [-0.05, 0) is 33.2 Å². The normalized spacial score (nSPS) is 21.8. The largest absolute Gasteiger partial charge is 0.308 e. The van der Waals surface area contributed by atoms with Gasteiger partial charge in [-0.15, -0.1) is 0 Å². The van der Waals surface area contributed by atoms with E-state index in [0.717, 1.165) is 18.1 Å². The molecule has 0 aromatic carbocycles. The van der Waals surface area contributed by atoms with Crippen molar-refractivity contribution in [1.82, 2.24) is 14.7 Å². The standard InChI is InChI=1S/C12H23N5/c1-9-6-4-5-7-17(9)8-11-10(2)15-16(3)12(11)14-13/h9,14H,4-8,13H2,1-3H3. The minimum Gasteiger partial charge on any atom is -0.308 e. The highest BCUT2D eigenvalue weighted by molar-refractivity contribution is 5.46. The molecule has 0 spiro atoms. The molecule has 2 heterocycles. The molecule has 1 aliphatic rings. The second kappa shape index (κ2) is 5.06. The number of nitrogen functional groups attached to an aromatic ring is 1. The van der Waals surface area contributed by atoms with E-state index < -0.39 is 0 Å². The van der Waals surface area contributed by atoms with Gasteiger partial charge < -0.3 is 5.43 Å². The van der Waals surface area contributed by atoms with Crippen LogP contribution < -0.4 is 11.3 Å². The lowest BCUT2D eigenvalue weighted by atomic mass is 10.0. The molecule has 1 fully saturated rings. The summed E-state index contributed by atoms with van der Waals surface area (Å²) < 4.78 is 1.82. The van der Waals surface area contributed by atoms with Crippen LogP contribution in [0.5, 0.6) is 0 Å². The quantitative estimate of drug-likeness (QED) is 0.616. The second-order valence-corrected chi connectivity index (χ2v) is 5.00. The lowest BCUT2D eigenvalue weighted by molar-refractivity contribution is 0.152. The molecule has 1 aromatic heterocycles. The molecule has 0 saturated carbocycles. The Kier molecular flexibility index (Phi) is 3.69. The number of anilines is 1. The van der Waals surface area contributed by atoms with Gasteiger partial charge in [0.15, 0.2) is 0 Å². The summed E-state index contributed by atoms with van der Waals surface area (Å²) in [7, 11) is 1.92. The molecule has 96 valence electrons. The van der Waals surface area contributed by atoms with Gasteiger partial charge in [-0.2, -0.15) is 5.10 Å². The van der Waals surface area contributed by atoms with Crippen molar-refractivity contribution >= 4 is 5.82 Å². The zero-order chi connectivity index (χ0) is 12.4. The van der Waals surface area contributed by atoms with E-state index in [1.807, 2.05) is 18.7 Å². The molecular formula is C12H23N5. The lowest BCUT2D eigenvalue weighted by Gasteiger charge is -2.33. The Morgan fingerprint density at radius 1 is 1.47 bits per heavy atom. The third kappa shape index (κ3) is 2.45. The van der Waals surface area contributed by atoms with Crippen molar-refractivity contribution < 1.29 is 0 Å². The van der Waals surface area contributed by atoms with Crippen LogP contribution in [0.25, 0.3) is 0 Å². The number of rotatable bonds is 3. The summed E-state index contributed by atoms with van der Waals surface area (Å²) in [4.78, 5) is 2.52. The smallest absolute Gasteiger partial charge is 0.142 e. The van der Waals surface area contributed by atoms with Crippen LogP contribution in [0.2, 0.25) is 0 Å². The Balaban J connectivity index is 2.17. The second-order valence-electron chi connectivity index (χ2n) is 5.00. The molecule has 5 heteroatoms. The van der Waals surface area contributed by atoms with Crippen LogP contribution in [-0.2, 0) is 13.6 Å². The topological polar surface area (TPSA) is 59.1 Å². The lowest BCUT2D eigenvalue weighted by Crippen LogP contribution is -2.37. The molecular weight excluding hydrogens is 214 g/mol. The van der Waals surface area contributed by atoms with Crippen LogP contribution in [0.15, 0.2) is 0 Å². The Hall–Kier alpha value is -1.07. The number of piperidine rings is 1. The van der Waals surface area contributed by atoms with Gasteiger partial charge >= 0.3 is 0 Å². The molecule has 1 atom stereocenters. The van der Waals surface area contributed by atoms with E-state index in [4.69, 9.17) is 5.84 Å². The number of aromatic nitrogens is 2. The number of hydrogen-bond donors (Lipinski definition) is 2. The molecule has 1 aliphatic heterocycles. The summed E-state index contributed by atoms with van der Waals surface area (Å²) >= 11 is 0. The summed E-state index contributed by atoms with van der Waals surface area (Å²) in [5.41, 5.74) is 5.06. The third-order valence-electron chi connectivity index (χ3n) is 3.78. The average Bonchev–Trinajstić information content (AvgIpc) is 2.56. The molecule has 0 amide bonds. The monoisotopic (exact) mass is 237 g/mol. The van der Waals surface area contributed by atoms with Crippen LogP contribution in [0, 0.1) is 6.92 Å². The zero-order valence-electron chi connectivity index (χ0n) is 11.0. The van der Waals surface area contributed by atoms with E-state index in [9.17, 15) is 0 Å². The fraction of sp³-hybridized carbons (Fsp3) is 0.750. The minimum absolute atomic E-state index is 0.661. The highest BCUT2D eigenvalue weighted by atomic mass is 15.4. The maximum Gasteiger partial charge on any atom is 0.142 e. The first-order valence-corrected chi connectivity index (χ1v) is 6.36. The molecule has 0 aliphatic carbocycles. The summed E-state index contributed by atoms with van der Waals surface area (Å²) in [6.45, 7) is 6.48. The number of nitrogens with one attached hydrogen (secondary N) is 1. The molecule has 17 heavy (non-hydrogen) atoms. The van der Waals surface area contributed by atoms with Gasteiger partial charge in [-0.3, -0.25) is 9.58 Å². The van der Waals surface area contributed by atoms with Crippen LogP contribution in [0.3, 0.4) is 0 Å². The Labute approximate surface area is 103 Å². The van der Waals surface area contributed by atoms with E-state index in [2.05, 4.69) is 22.3 Å². The fourth-order valence-electron chi connectivity index (χ4n) is 2.67. The molecule has 2 rings (SSSR count). The summed E-state index contributed by atoms with van der Waals surface area (Å²) in [5, 5.41) is 4.42. The van der Waals surface area contributed by atoms with Crippen molar-refractivity contribution in [3.05, 3.63) is 11.3 Å². The number of nitrogens with zero attached hydrogens (tertiary/aromatic N) is 3. The molecule has 1 aromatic rings. The van der Waals surface area contributed by atoms with E-state index in [1.54, 1.807) is 0 Å². The highest BCUT2D eigenvalue weighted by Gasteiger charge is 2.22. The zero-order valence-corrected chi connectivity index (χ0v) is 11.0. The Morgan fingerprint density at radius 2 is 2.24 bits per heavy atom. The predicted octanol–water partition coefficient (Wildman–Crippen LogP) is 1.39. The first kappa shape index (κ1) is 12.4. The van der Waals surface area contributed by atoms with Crippen molar-refractivity contribution in [3.8, 4) is 0 Å². The van der Waals surface area contributed by atoms with Gasteiger partial charge in [0, 0.05) is 25.2 Å². The van der Waals surface area contributed by atoms with Gasteiger partial charge in [-0.25, -0.2) is 5.84 Å². The van der Waals surface area contributed by atoms with E-state index in [0.29, 0.717) is 6.04 Å². The van der Waals surface area contributed by atoms with Gasteiger partial charge in [-0.1, -0.05) is 6.42 Å². The number of hydrazine groups is 1. The van der Waals surface area contributed by atoms with E-state index >= 15 is 0 Å². The van der Waals surface area contributed by atoms with Crippen LogP contribution in [0.1, 0.15) is 37.4 Å². The van der Waals surface area contributed by atoms with Gasteiger partial charge in [0.2, 0.25) is 0 Å². The fourth-order valence-corrected chi connectivity index (χ4v) is 2.67. The minimum atomic E-state index is 0.661. The molecule has 3 N–H and O–H groups in total. The Morgan fingerprint density at radius 3 is 2.88 bits per heavy atom. The molecule has 0 bridgehead atoms. The third-order valence-corrected chi connectivity index (χ3v) is 3.78. The van der Waals surface area contributed by atoms with Crippen molar-refractivity contribution in [1.29, 1.82) is 0 Å².